The van der Waals surface area contributed by atoms with Crippen LogP contribution < -0.4 is 4.90 Å². The molecule has 8 heteroatoms. The molecule has 0 atom stereocenters. The van der Waals surface area contributed by atoms with E-state index < -0.39 is 5.97 Å². The number of esters is 1. The monoisotopic (exact) mass is 415 g/mol. The normalized spacial score (nSPS) is 10.5. The number of thiazole rings is 1. The van der Waals surface area contributed by atoms with E-state index in [-0.39, 0.29) is 23.2 Å². The highest BCUT2D eigenvalue weighted by Gasteiger charge is 2.19. The number of carbonyl (C=O) groups is 2. The molecule has 6 nitrogen and oxygen atoms in total. The third-order valence-electron chi connectivity index (χ3n) is 3.98. The van der Waals surface area contributed by atoms with Gasteiger partial charge in [-0.25, -0.2) is 14.8 Å². The molecule has 0 aliphatic heterocycles. The van der Waals surface area contributed by atoms with Gasteiger partial charge >= 0.3 is 5.97 Å². The molecule has 0 aliphatic carbocycles. The Kier molecular flexibility index (Phi) is 6.38. The maximum Gasteiger partial charge on any atom is 0.341 e. The van der Waals surface area contributed by atoms with E-state index in [0.29, 0.717) is 10.8 Å². The first kappa shape index (κ1) is 20.0. The number of rotatable bonds is 6. The number of aryl methyl sites for hydroxylation is 1. The zero-order valence-corrected chi connectivity index (χ0v) is 17.0. The van der Waals surface area contributed by atoms with E-state index in [1.165, 1.54) is 34.9 Å². The zero-order valence-electron chi connectivity index (χ0n) is 15.4. The van der Waals surface area contributed by atoms with Crippen molar-refractivity contribution < 1.29 is 14.3 Å². The number of nitrogens with zero attached hydrogens (tertiary/aromatic N) is 3. The van der Waals surface area contributed by atoms with Gasteiger partial charge in [0.15, 0.2) is 5.13 Å². The lowest BCUT2D eigenvalue weighted by atomic mass is 10.1. The Morgan fingerprint density at radius 2 is 1.96 bits per heavy atom. The van der Waals surface area contributed by atoms with Gasteiger partial charge in [-0.1, -0.05) is 30.7 Å². The van der Waals surface area contributed by atoms with E-state index >= 15 is 0 Å². The summed E-state index contributed by atoms with van der Waals surface area (Å²) < 4.78 is 5.26. The summed E-state index contributed by atoms with van der Waals surface area (Å²) in [6.07, 6.45) is 2.42. The van der Waals surface area contributed by atoms with Crippen molar-refractivity contribution in [2.75, 3.05) is 4.90 Å². The van der Waals surface area contributed by atoms with E-state index in [1.54, 1.807) is 17.5 Å². The summed E-state index contributed by atoms with van der Waals surface area (Å²) in [5.41, 5.74) is 2.67. The number of aromatic nitrogens is 2. The number of ether oxygens (including phenoxy) is 1. The number of halogens is 1. The Hall–Kier alpha value is -2.77. The molecule has 0 radical (unpaired) electrons. The maximum atomic E-state index is 12.2. The Morgan fingerprint density at radius 1 is 1.21 bits per heavy atom. The van der Waals surface area contributed by atoms with Gasteiger partial charge in [-0.3, -0.25) is 9.69 Å². The van der Waals surface area contributed by atoms with E-state index in [9.17, 15) is 9.59 Å². The van der Waals surface area contributed by atoms with Crippen LogP contribution in [0.15, 0.2) is 48.0 Å². The van der Waals surface area contributed by atoms with Crippen LogP contribution in [0.3, 0.4) is 0 Å². The van der Waals surface area contributed by atoms with Crippen LogP contribution in [0.1, 0.15) is 35.5 Å². The average Bonchev–Trinajstić information content (AvgIpc) is 3.15. The number of anilines is 2. The highest BCUT2D eigenvalue weighted by molar-refractivity contribution is 7.14. The highest BCUT2D eigenvalue weighted by atomic mass is 35.5. The Bertz CT molecular complexity index is 988. The van der Waals surface area contributed by atoms with Gasteiger partial charge in [0.1, 0.15) is 11.8 Å². The fourth-order valence-corrected chi connectivity index (χ4v) is 3.60. The van der Waals surface area contributed by atoms with Gasteiger partial charge in [0.25, 0.3) is 0 Å². The SMILES string of the molecule is CCc1ccc(N(C(C)=O)c2nc(COC(=O)c3cccnc3Cl)cs2)cc1. The molecule has 2 heterocycles. The Labute approximate surface area is 171 Å². The molecule has 3 aromatic rings. The molecule has 2 aromatic heterocycles. The van der Waals surface area contributed by atoms with Crippen LogP contribution in [0.5, 0.6) is 0 Å². The number of benzene rings is 1. The lowest BCUT2D eigenvalue weighted by Gasteiger charge is -2.18. The van der Waals surface area contributed by atoms with Crippen molar-refractivity contribution in [3.8, 4) is 0 Å². The molecular weight excluding hydrogens is 398 g/mol. The molecule has 0 fully saturated rings. The second-order valence-electron chi connectivity index (χ2n) is 5.91. The molecular formula is C20H18ClN3O3S. The molecule has 0 spiro atoms. The summed E-state index contributed by atoms with van der Waals surface area (Å²) in [5, 5.41) is 2.36. The van der Waals surface area contributed by atoms with Crippen LogP contribution in [0, 0.1) is 0 Å². The highest BCUT2D eigenvalue weighted by Crippen LogP contribution is 2.29. The van der Waals surface area contributed by atoms with Gasteiger partial charge in [0.05, 0.1) is 16.9 Å². The minimum atomic E-state index is -0.578. The quantitative estimate of drug-likeness (QED) is 0.427. The third-order valence-corrected chi connectivity index (χ3v) is 5.15. The van der Waals surface area contributed by atoms with Gasteiger partial charge in [0.2, 0.25) is 5.91 Å². The first-order valence-electron chi connectivity index (χ1n) is 8.61. The lowest BCUT2D eigenvalue weighted by Crippen LogP contribution is -2.22. The van der Waals surface area contributed by atoms with Crippen molar-refractivity contribution >= 4 is 45.6 Å². The summed E-state index contributed by atoms with van der Waals surface area (Å²) >= 11 is 7.21. The van der Waals surface area contributed by atoms with Crippen LogP contribution in [0.2, 0.25) is 5.15 Å². The van der Waals surface area contributed by atoms with Crippen molar-refractivity contribution in [2.24, 2.45) is 0 Å². The topological polar surface area (TPSA) is 72.4 Å². The second kappa shape index (κ2) is 8.95. The molecule has 0 saturated heterocycles. The molecule has 3 rings (SSSR count). The van der Waals surface area contributed by atoms with Gasteiger partial charge < -0.3 is 4.74 Å². The molecule has 1 amide bonds. The molecule has 0 unspecified atom stereocenters. The van der Waals surface area contributed by atoms with Crippen LogP contribution in [-0.2, 0) is 22.6 Å². The molecule has 0 saturated carbocycles. The van der Waals surface area contributed by atoms with Gasteiger partial charge in [-0.2, -0.15) is 0 Å². The van der Waals surface area contributed by atoms with E-state index in [4.69, 9.17) is 16.3 Å². The van der Waals surface area contributed by atoms with E-state index in [2.05, 4.69) is 16.9 Å². The predicted octanol–water partition coefficient (Wildman–Crippen LogP) is 4.80. The first-order valence-corrected chi connectivity index (χ1v) is 9.87. The predicted molar refractivity (Wildman–Crippen MR) is 109 cm³/mol. The Morgan fingerprint density at radius 3 is 2.61 bits per heavy atom. The van der Waals surface area contributed by atoms with Crippen LogP contribution >= 0.6 is 22.9 Å². The number of hydrogen-bond donors (Lipinski definition) is 0. The second-order valence-corrected chi connectivity index (χ2v) is 7.11. The maximum absolute atomic E-state index is 12.2. The fraction of sp³-hybridized carbons (Fsp3) is 0.200. The summed E-state index contributed by atoms with van der Waals surface area (Å²) in [6.45, 7) is 3.53. The number of hydrogen-bond acceptors (Lipinski definition) is 6. The minimum absolute atomic E-state index is 0.0267. The van der Waals surface area contributed by atoms with Crippen LogP contribution in [0.25, 0.3) is 0 Å². The van der Waals surface area contributed by atoms with Crippen molar-refractivity contribution in [3.05, 3.63) is 69.9 Å². The zero-order chi connectivity index (χ0) is 20.1. The standard InChI is InChI=1S/C20H18ClN3O3S/c1-3-14-6-8-16(9-7-14)24(13(2)25)20-23-15(12-28-20)11-27-19(26)17-5-4-10-22-18(17)21/h4-10,12H,3,11H2,1-2H3. The molecule has 0 aliphatic rings. The van der Waals surface area contributed by atoms with Crippen LogP contribution in [0.4, 0.5) is 10.8 Å². The van der Waals surface area contributed by atoms with Gasteiger partial charge in [-0.15, -0.1) is 11.3 Å². The number of carbonyl (C=O) groups excluding carboxylic acids is 2. The fourth-order valence-electron chi connectivity index (χ4n) is 2.53. The minimum Gasteiger partial charge on any atom is -0.455 e. The summed E-state index contributed by atoms with van der Waals surface area (Å²) in [7, 11) is 0. The molecule has 1 aromatic carbocycles. The molecule has 0 N–H and O–H groups in total. The molecule has 0 bridgehead atoms. The van der Waals surface area contributed by atoms with Crippen molar-refractivity contribution in [1.82, 2.24) is 9.97 Å². The largest absolute Gasteiger partial charge is 0.455 e. The summed E-state index contributed by atoms with van der Waals surface area (Å²) in [4.78, 5) is 34.1. The molecule has 28 heavy (non-hydrogen) atoms. The number of amides is 1. The third kappa shape index (κ3) is 4.55. The van der Waals surface area contributed by atoms with E-state index in [0.717, 1.165) is 12.1 Å². The van der Waals surface area contributed by atoms with Crippen molar-refractivity contribution in [2.45, 2.75) is 26.9 Å². The van der Waals surface area contributed by atoms with Crippen molar-refractivity contribution in [1.29, 1.82) is 0 Å². The Balaban J connectivity index is 1.73. The van der Waals surface area contributed by atoms with Crippen LogP contribution in [-0.4, -0.2) is 21.8 Å². The summed E-state index contributed by atoms with van der Waals surface area (Å²) in [5.74, 6) is -0.726. The smallest absolute Gasteiger partial charge is 0.341 e. The lowest BCUT2D eigenvalue weighted by molar-refractivity contribution is -0.115. The average molecular weight is 416 g/mol. The number of pyridine rings is 1. The van der Waals surface area contributed by atoms with Crippen molar-refractivity contribution in [3.63, 3.8) is 0 Å². The summed E-state index contributed by atoms with van der Waals surface area (Å²) in [6, 6.07) is 10.9. The molecule has 144 valence electrons. The van der Waals surface area contributed by atoms with Gasteiger partial charge in [0, 0.05) is 18.5 Å². The van der Waals surface area contributed by atoms with Gasteiger partial charge in [-0.05, 0) is 36.2 Å². The first-order chi connectivity index (χ1) is 13.5. The van der Waals surface area contributed by atoms with E-state index in [1.807, 2.05) is 24.3 Å².